The lowest BCUT2D eigenvalue weighted by atomic mass is 9.69. The highest BCUT2D eigenvalue weighted by Crippen LogP contribution is 2.57. The van der Waals surface area contributed by atoms with Gasteiger partial charge in [-0.25, -0.2) is 19.4 Å². The van der Waals surface area contributed by atoms with Crippen LogP contribution >= 0.6 is 0 Å². The van der Waals surface area contributed by atoms with Crippen LogP contribution in [0.15, 0.2) is 63.3 Å². The van der Waals surface area contributed by atoms with Gasteiger partial charge in [0.05, 0.1) is 44.6 Å². The molecule has 3 aliphatic rings. The number of carbonyl (C=O) groups is 4. The molecule has 1 aromatic heterocycles. The van der Waals surface area contributed by atoms with E-state index in [2.05, 4.69) is 4.99 Å². The van der Waals surface area contributed by atoms with Crippen LogP contribution in [0.25, 0.3) is 0 Å². The third-order valence-corrected chi connectivity index (χ3v) is 7.03. The van der Waals surface area contributed by atoms with E-state index in [1.807, 2.05) is 29.2 Å². The molecule has 3 atom stereocenters. The van der Waals surface area contributed by atoms with Crippen molar-refractivity contribution in [3.05, 3.63) is 65.3 Å². The highest BCUT2D eigenvalue weighted by Gasteiger charge is 2.67. The van der Waals surface area contributed by atoms with Crippen molar-refractivity contribution in [3.8, 4) is 0 Å². The molecule has 2 unspecified atom stereocenters. The number of para-hydroxylation sites is 1. The van der Waals surface area contributed by atoms with Crippen LogP contribution in [0.4, 0.5) is 5.69 Å². The quantitative estimate of drug-likeness (QED) is 0.459. The van der Waals surface area contributed by atoms with Crippen molar-refractivity contribution in [2.75, 3.05) is 33.3 Å². The average molecular weight is 493 g/mol. The minimum absolute atomic E-state index is 0.0253. The molecule has 0 aliphatic carbocycles. The summed E-state index contributed by atoms with van der Waals surface area (Å²) in [6, 6.07) is 8.45. The number of aliphatic imine (C=N–C) groups is 1. The molecule has 0 radical (unpaired) electrons. The molecular weight excluding hydrogens is 470 g/mol. The third-order valence-electron chi connectivity index (χ3n) is 7.03. The van der Waals surface area contributed by atoms with Crippen molar-refractivity contribution in [1.29, 1.82) is 0 Å². The summed E-state index contributed by atoms with van der Waals surface area (Å²) in [5.41, 5.74) is 0.00184. The first-order valence-corrected chi connectivity index (χ1v) is 11.1. The fourth-order valence-electron chi connectivity index (χ4n) is 5.63. The Bertz CT molecular complexity index is 1340. The van der Waals surface area contributed by atoms with Gasteiger partial charge in [-0.2, -0.15) is 0 Å². The van der Waals surface area contributed by atoms with Gasteiger partial charge in [0.2, 0.25) is 0 Å². The molecule has 1 saturated heterocycles. The minimum atomic E-state index is -1.16. The first-order chi connectivity index (χ1) is 17.3. The molecule has 2 aromatic rings. The van der Waals surface area contributed by atoms with Crippen LogP contribution in [0.2, 0.25) is 0 Å². The summed E-state index contributed by atoms with van der Waals surface area (Å²) in [5, 5.41) is 0. The number of carbonyl (C=O) groups excluding carboxylic acids is 4. The van der Waals surface area contributed by atoms with Gasteiger partial charge in [-0.05, 0) is 30.2 Å². The molecule has 5 rings (SSSR count). The van der Waals surface area contributed by atoms with Crippen LogP contribution in [-0.2, 0) is 34.0 Å². The standard InChI is InChI=1S/C25H23N3O8/c1-27-14-9-6-5-8-13(14)25-12-15(21(30)33-2)28(20(29)16-10-7-11-36-16)24(25)26-18(23(32)35-4)17(19(25)27)22(31)34-3/h5-11,15,19H,12H2,1-4H3/t15?,19?,25-/m0/s1. The maximum Gasteiger partial charge on any atom is 0.357 e. The summed E-state index contributed by atoms with van der Waals surface area (Å²) in [7, 11) is 5.36. The zero-order chi connectivity index (χ0) is 25.8. The van der Waals surface area contributed by atoms with Crippen molar-refractivity contribution < 1.29 is 37.8 Å². The molecule has 11 heteroatoms. The summed E-state index contributed by atoms with van der Waals surface area (Å²) < 4.78 is 20.4. The molecule has 3 aliphatic heterocycles. The Labute approximate surface area is 205 Å². The van der Waals surface area contributed by atoms with E-state index in [0.717, 1.165) is 18.4 Å². The second-order valence-electron chi connectivity index (χ2n) is 8.58. The van der Waals surface area contributed by atoms with E-state index in [9.17, 15) is 19.2 Å². The monoisotopic (exact) mass is 493 g/mol. The van der Waals surface area contributed by atoms with Crippen LogP contribution in [0.5, 0.6) is 0 Å². The number of likely N-dealkylation sites (N-methyl/N-ethyl adjacent to an activating group) is 1. The topological polar surface area (TPSA) is 128 Å². The smallest absolute Gasteiger partial charge is 0.357 e. The van der Waals surface area contributed by atoms with Crippen molar-refractivity contribution in [1.82, 2.24) is 4.90 Å². The minimum Gasteiger partial charge on any atom is -0.467 e. The van der Waals surface area contributed by atoms with E-state index < -0.39 is 41.3 Å². The summed E-state index contributed by atoms with van der Waals surface area (Å²) in [5.74, 6) is -2.87. The Morgan fingerprint density at radius 2 is 1.72 bits per heavy atom. The summed E-state index contributed by atoms with van der Waals surface area (Å²) >= 11 is 0. The number of likely N-dealkylation sites (tertiary alicyclic amines) is 1. The molecule has 36 heavy (non-hydrogen) atoms. The van der Waals surface area contributed by atoms with E-state index in [1.54, 1.807) is 13.1 Å². The number of fused-ring (bicyclic) bond motifs is 1. The van der Waals surface area contributed by atoms with Gasteiger partial charge in [-0.1, -0.05) is 18.2 Å². The molecule has 0 N–H and O–H groups in total. The normalized spacial score (nSPS) is 23.9. The fourth-order valence-corrected chi connectivity index (χ4v) is 5.63. The van der Waals surface area contributed by atoms with E-state index >= 15 is 0 Å². The van der Waals surface area contributed by atoms with Gasteiger partial charge in [0.25, 0.3) is 5.91 Å². The van der Waals surface area contributed by atoms with Crippen LogP contribution in [0, 0.1) is 0 Å². The first-order valence-electron chi connectivity index (χ1n) is 11.1. The number of hydrogen-bond donors (Lipinski definition) is 0. The van der Waals surface area contributed by atoms with Gasteiger partial charge in [-0.3, -0.25) is 9.69 Å². The molecular formula is C25H23N3O8. The Balaban J connectivity index is 1.85. The highest BCUT2D eigenvalue weighted by molar-refractivity contribution is 6.19. The lowest BCUT2D eigenvalue weighted by molar-refractivity contribution is -0.144. The summed E-state index contributed by atoms with van der Waals surface area (Å²) in [4.78, 5) is 60.4. The van der Waals surface area contributed by atoms with Crippen LogP contribution in [0.1, 0.15) is 22.5 Å². The van der Waals surface area contributed by atoms with Crippen molar-refractivity contribution in [2.24, 2.45) is 4.99 Å². The second kappa shape index (κ2) is 8.36. The highest BCUT2D eigenvalue weighted by atomic mass is 16.5. The molecule has 186 valence electrons. The Hall–Kier alpha value is -4.41. The third kappa shape index (κ3) is 2.95. The molecule has 1 fully saturated rings. The molecule has 4 heterocycles. The largest absolute Gasteiger partial charge is 0.467 e. The Morgan fingerprint density at radius 3 is 2.36 bits per heavy atom. The number of furan rings is 1. The van der Waals surface area contributed by atoms with Gasteiger partial charge in [0.1, 0.15) is 11.9 Å². The molecule has 0 saturated carbocycles. The number of methoxy groups -OCH3 is 3. The molecule has 11 nitrogen and oxygen atoms in total. The molecule has 1 aromatic carbocycles. The molecule has 1 amide bonds. The zero-order valence-corrected chi connectivity index (χ0v) is 20.0. The van der Waals surface area contributed by atoms with Crippen LogP contribution in [0.3, 0.4) is 0 Å². The second-order valence-corrected chi connectivity index (χ2v) is 8.58. The number of nitrogens with zero attached hydrogens (tertiary/aromatic N) is 3. The number of hydrogen-bond acceptors (Lipinski definition) is 10. The maximum atomic E-state index is 13.7. The molecule has 0 bridgehead atoms. The lowest BCUT2D eigenvalue weighted by Crippen LogP contribution is -2.55. The van der Waals surface area contributed by atoms with Crippen LogP contribution < -0.4 is 4.90 Å². The van der Waals surface area contributed by atoms with Gasteiger partial charge in [0.15, 0.2) is 11.5 Å². The lowest BCUT2D eigenvalue weighted by Gasteiger charge is -2.39. The van der Waals surface area contributed by atoms with Crippen molar-refractivity contribution in [3.63, 3.8) is 0 Å². The number of rotatable bonds is 4. The summed E-state index contributed by atoms with van der Waals surface area (Å²) in [6.45, 7) is 0. The first kappa shape index (κ1) is 23.3. The summed E-state index contributed by atoms with van der Waals surface area (Å²) in [6.07, 6.45) is 1.39. The Kier molecular flexibility index (Phi) is 5.42. The van der Waals surface area contributed by atoms with E-state index in [1.165, 1.54) is 31.4 Å². The van der Waals surface area contributed by atoms with E-state index in [-0.39, 0.29) is 29.3 Å². The van der Waals surface area contributed by atoms with Gasteiger partial charge in [-0.15, -0.1) is 0 Å². The Morgan fingerprint density at radius 1 is 1.00 bits per heavy atom. The number of ether oxygens (including phenoxy) is 3. The predicted octanol–water partition coefficient (Wildman–Crippen LogP) is 1.44. The van der Waals surface area contributed by atoms with E-state index in [0.29, 0.717) is 0 Å². The fraction of sp³-hybridized carbons (Fsp3) is 0.320. The maximum absolute atomic E-state index is 13.7. The van der Waals surface area contributed by atoms with Crippen LogP contribution in [-0.4, -0.2) is 75.0 Å². The van der Waals surface area contributed by atoms with E-state index in [4.69, 9.17) is 18.6 Å². The number of amides is 1. The van der Waals surface area contributed by atoms with Crippen molar-refractivity contribution >= 4 is 35.3 Å². The van der Waals surface area contributed by atoms with Gasteiger partial charge < -0.3 is 23.5 Å². The number of amidine groups is 1. The predicted molar refractivity (Wildman–Crippen MR) is 124 cm³/mol. The number of benzene rings is 1. The SMILES string of the molecule is COC(=O)C1=C(C(=O)OC)C2N(C)c3ccccc3[C@@]23CC(C(=O)OC)N(C(=O)c2ccco2)C3=N1. The zero-order valence-electron chi connectivity index (χ0n) is 20.0. The number of esters is 3. The van der Waals surface area contributed by atoms with Crippen molar-refractivity contribution in [2.45, 2.75) is 23.9 Å². The van der Waals surface area contributed by atoms with Gasteiger partial charge in [0, 0.05) is 12.7 Å². The van der Waals surface area contributed by atoms with Gasteiger partial charge >= 0.3 is 17.9 Å². The molecule has 1 spiro atoms. The number of anilines is 1. The average Bonchev–Trinajstić information content (AvgIpc) is 3.62.